The minimum Gasteiger partial charge on any atom is -0.316 e. The molecule has 0 radical (unpaired) electrons. The Morgan fingerprint density at radius 3 is 2.63 bits per heavy atom. The highest BCUT2D eigenvalue weighted by atomic mass is 35.5. The molecule has 0 aliphatic carbocycles. The Bertz CT molecular complexity index is 560. The van der Waals surface area contributed by atoms with Crippen molar-refractivity contribution in [3.05, 3.63) is 33.8 Å². The van der Waals surface area contributed by atoms with E-state index >= 15 is 0 Å². The minimum absolute atomic E-state index is 0.148. The van der Waals surface area contributed by atoms with Gasteiger partial charge in [-0.1, -0.05) is 29.3 Å². The van der Waals surface area contributed by atoms with Gasteiger partial charge in [0.1, 0.15) is 0 Å². The Labute approximate surface area is 124 Å². The second kappa shape index (κ2) is 6.00. The molecule has 1 aromatic rings. The molecule has 1 aromatic carbocycles. The van der Waals surface area contributed by atoms with Crippen molar-refractivity contribution in [2.24, 2.45) is 5.92 Å². The summed E-state index contributed by atoms with van der Waals surface area (Å²) in [5.74, 6) is 0.751. The number of benzene rings is 1. The first-order chi connectivity index (χ1) is 8.91. The summed E-state index contributed by atoms with van der Waals surface area (Å²) in [5.41, 5.74) is 1.07. The zero-order valence-electron chi connectivity index (χ0n) is 10.7. The molecule has 1 saturated heterocycles. The summed E-state index contributed by atoms with van der Waals surface area (Å²) in [5, 5.41) is 4.30. The molecule has 0 saturated carbocycles. The van der Waals surface area contributed by atoms with Crippen molar-refractivity contribution in [3.8, 4) is 0 Å². The van der Waals surface area contributed by atoms with E-state index in [0.29, 0.717) is 15.8 Å². The number of nitrogens with one attached hydrogen (secondary N) is 1. The van der Waals surface area contributed by atoms with Gasteiger partial charge in [0.2, 0.25) is 0 Å². The third kappa shape index (κ3) is 3.85. The van der Waals surface area contributed by atoms with Crippen LogP contribution >= 0.6 is 23.2 Å². The van der Waals surface area contributed by atoms with E-state index in [2.05, 4.69) is 5.32 Å². The fourth-order valence-corrected chi connectivity index (χ4v) is 4.77. The summed E-state index contributed by atoms with van der Waals surface area (Å²) in [6.07, 6.45) is 1.49. The predicted molar refractivity (Wildman–Crippen MR) is 79.8 cm³/mol. The summed E-state index contributed by atoms with van der Waals surface area (Å²) in [4.78, 5) is 0. The lowest BCUT2D eigenvalue weighted by molar-refractivity contribution is 0.403. The lowest BCUT2D eigenvalue weighted by Gasteiger charge is -2.22. The zero-order valence-corrected chi connectivity index (χ0v) is 13.0. The van der Waals surface area contributed by atoms with Crippen LogP contribution in [-0.2, 0) is 16.3 Å². The molecular weight excluding hydrogens is 305 g/mol. The molecule has 2 rings (SSSR count). The fraction of sp³-hybridized carbons (Fsp3) is 0.538. The van der Waals surface area contributed by atoms with Crippen LogP contribution in [-0.4, -0.2) is 33.0 Å². The number of sulfone groups is 1. The van der Waals surface area contributed by atoms with Crippen LogP contribution < -0.4 is 5.32 Å². The number of likely N-dealkylation sites (N-methyl/N-ethyl adjacent to an activating group) is 1. The molecule has 1 fully saturated rings. The van der Waals surface area contributed by atoms with Gasteiger partial charge in [-0.15, -0.1) is 0 Å². The van der Waals surface area contributed by atoms with Crippen molar-refractivity contribution in [1.29, 1.82) is 0 Å². The topological polar surface area (TPSA) is 46.2 Å². The minimum atomic E-state index is -2.84. The number of hydrogen-bond acceptors (Lipinski definition) is 3. The Morgan fingerprint density at radius 2 is 2.11 bits per heavy atom. The lowest BCUT2D eigenvalue weighted by Crippen LogP contribution is -2.36. The largest absolute Gasteiger partial charge is 0.316 e. The van der Waals surface area contributed by atoms with E-state index < -0.39 is 9.84 Å². The average Bonchev–Trinajstić information content (AvgIpc) is 2.71. The van der Waals surface area contributed by atoms with Crippen LogP contribution in [0.3, 0.4) is 0 Å². The van der Waals surface area contributed by atoms with Gasteiger partial charge in [0.15, 0.2) is 9.84 Å². The van der Waals surface area contributed by atoms with E-state index in [4.69, 9.17) is 23.2 Å². The van der Waals surface area contributed by atoms with E-state index in [1.54, 1.807) is 6.07 Å². The zero-order chi connectivity index (χ0) is 14.0. The maximum Gasteiger partial charge on any atom is 0.150 e. The van der Waals surface area contributed by atoms with Gasteiger partial charge >= 0.3 is 0 Å². The SMILES string of the molecule is CNC(Cc1ccc(Cl)c(Cl)c1)C1CCS(=O)(=O)C1. The number of hydrogen-bond donors (Lipinski definition) is 1. The average molecular weight is 322 g/mol. The van der Waals surface area contributed by atoms with E-state index in [1.807, 2.05) is 19.2 Å². The summed E-state index contributed by atoms with van der Waals surface area (Å²) in [6, 6.07) is 5.70. The molecule has 1 aliphatic heterocycles. The monoisotopic (exact) mass is 321 g/mol. The second-order valence-corrected chi connectivity index (χ2v) is 8.05. The van der Waals surface area contributed by atoms with Crippen LogP contribution in [0.5, 0.6) is 0 Å². The van der Waals surface area contributed by atoms with Crippen LogP contribution in [0.2, 0.25) is 10.0 Å². The highest BCUT2D eigenvalue weighted by molar-refractivity contribution is 7.91. The summed E-state index contributed by atoms with van der Waals surface area (Å²) in [7, 11) is -0.977. The number of rotatable bonds is 4. The first-order valence-corrected chi connectivity index (χ1v) is 8.80. The summed E-state index contributed by atoms with van der Waals surface area (Å²) >= 11 is 11.9. The molecule has 3 nitrogen and oxygen atoms in total. The fourth-order valence-electron chi connectivity index (χ4n) is 2.57. The van der Waals surface area contributed by atoms with Crippen LogP contribution in [0.15, 0.2) is 18.2 Å². The Kier molecular flexibility index (Phi) is 4.77. The van der Waals surface area contributed by atoms with Gasteiger partial charge in [-0.25, -0.2) is 8.42 Å². The van der Waals surface area contributed by atoms with Gasteiger partial charge in [0.05, 0.1) is 21.6 Å². The van der Waals surface area contributed by atoms with Crippen LogP contribution in [0, 0.1) is 5.92 Å². The third-order valence-electron chi connectivity index (χ3n) is 3.65. The Morgan fingerprint density at radius 1 is 1.37 bits per heavy atom. The van der Waals surface area contributed by atoms with E-state index in [9.17, 15) is 8.42 Å². The highest BCUT2D eigenvalue weighted by Crippen LogP contribution is 2.27. The molecule has 0 aromatic heterocycles. The smallest absolute Gasteiger partial charge is 0.150 e. The molecule has 106 valence electrons. The van der Waals surface area contributed by atoms with Crippen molar-refractivity contribution >= 4 is 33.0 Å². The summed E-state index contributed by atoms with van der Waals surface area (Å²) < 4.78 is 23.1. The molecule has 1 heterocycles. The van der Waals surface area contributed by atoms with Crippen LogP contribution in [0.1, 0.15) is 12.0 Å². The molecule has 2 unspecified atom stereocenters. The second-order valence-electron chi connectivity index (χ2n) is 5.01. The standard InChI is InChI=1S/C13H17Cl2NO2S/c1-16-13(10-4-5-19(17,18)8-10)7-9-2-3-11(14)12(15)6-9/h2-3,6,10,13,16H,4-5,7-8H2,1H3. The van der Waals surface area contributed by atoms with E-state index in [0.717, 1.165) is 18.4 Å². The Balaban J connectivity index is 2.09. The molecular formula is C13H17Cl2NO2S. The lowest BCUT2D eigenvalue weighted by atomic mass is 9.93. The van der Waals surface area contributed by atoms with Gasteiger partial charge in [0.25, 0.3) is 0 Å². The van der Waals surface area contributed by atoms with Gasteiger partial charge in [0, 0.05) is 6.04 Å². The van der Waals surface area contributed by atoms with Gasteiger partial charge in [-0.05, 0) is 43.5 Å². The van der Waals surface area contributed by atoms with E-state index in [-0.39, 0.29) is 17.7 Å². The molecule has 1 aliphatic rings. The normalized spacial score (nSPS) is 23.4. The van der Waals surface area contributed by atoms with Crippen molar-refractivity contribution < 1.29 is 8.42 Å². The molecule has 0 bridgehead atoms. The molecule has 0 amide bonds. The molecule has 0 spiro atoms. The molecule has 19 heavy (non-hydrogen) atoms. The number of halogens is 2. The van der Waals surface area contributed by atoms with Crippen molar-refractivity contribution in [3.63, 3.8) is 0 Å². The third-order valence-corrected chi connectivity index (χ3v) is 6.18. The highest BCUT2D eigenvalue weighted by Gasteiger charge is 2.32. The predicted octanol–water partition coefficient (Wildman–Crippen LogP) is 2.56. The van der Waals surface area contributed by atoms with Gasteiger partial charge in [-0.3, -0.25) is 0 Å². The molecule has 6 heteroatoms. The maximum atomic E-state index is 11.5. The van der Waals surface area contributed by atoms with Crippen LogP contribution in [0.25, 0.3) is 0 Å². The van der Waals surface area contributed by atoms with Gasteiger partial charge < -0.3 is 5.32 Å². The first-order valence-electron chi connectivity index (χ1n) is 6.23. The first kappa shape index (κ1) is 15.1. The van der Waals surface area contributed by atoms with Crippen molar-refractivity contribution in [1.82, 2.24) is 5.32 Å². The Hall–Kier alpha value is -0.290. The van der Waals surface area contributed by atoms with Crippen LogP contribution in [0.4, 0.5) is 0 Å². The summed E-state index contributed by atoms with van der Waals surface area (Å²) in [6.45, 7) is 0. The molecule has 1 N–H and O–H groups in total. The van der Waals surface area contributed by atoms with Crippen molar-refractivity contribution in [2.45, 2.75) is 18.9 Å². The molecule has 2 atom stereocenters. The van der Waals surface area contributed by atoms with Crippen molar-refractivity contribution in [2.75, 3.05) is 18.6 Å². The van der Waals surface area contributed by atoms with E-state index in [1.165, 1.54) is 0 Å². The quantitative estimate of drug-likeness (QED) is 0.927. The van der Waals surface area contributed by atoms with Gasteiger partial charge in [-0.2, -0.15) is 0 Å². The maximum absolute atomic E-state index is 11.5.